The lowest BCUT2D eigenvalue weighted by Gasteiger charge is -2.34. The molecule has 22 heavy (non-hydrogen) atoms. The largest absolute Gasteiger partial charge is 0.370 e. The number of nitrogens with zero attached hydrogens (tertiary/aromatic N) is 1. The molecule has 2 amide bonds. The predicted molar refractivity (Wildman–Crippen MR) is 78.6 cm³/mol. The first-order valence-electron chi connectivity index (χ1n) is 7.20. The summed E-state index contributed by atoms with van der Waals surface area (Å²) in [7, 11) is 0. The molecule has 0 bridgehead atoms. The molecule has 2 N–H and O–H groups in total. The number of hydrogen-bond acceptors (Lipinski definition) is 2. The van der Waals surface area contributed by atoms with Crippen LogP contribution in [0.15, 0.2) is 24.3 Å². The number of carbonyl (C=O) groups excluding carboxylic acids is 2. The minimum atomic E-state index is -0.726. The van der Waals surface area contributed by atoms with Crippen LogP contribution in [0.25, 0.3) is 6.08 Å². The molecular formula is C16H18F2N2O2. The molecule has 0 aromatic heterocycles. The number of hydrogen-bond donors (Lipinski definition) is 1. The molecule has 1 aromatic rings. The van der Waals surface area contributed by atoms with E-state index in [2.05, 4.69) is 0 Å². The lowest BCUT2D eigenvalue weighted by atomic mass is 9.99. The van der Waals surface area contributed by atoms with Crippen LogP contribution in [0.1, 0.15) is 31.2 Å². The monoisotopic (exact) mass is 308 g/mol. The first-order chi connectivity index (χ1) is 10.5. The Morgan fingerprint density at radius 2 is 1.95 bits per heavy atom. The number of halogens is 2. The highest BCUT2D eigenvalue weighted by molar-refractivity contribution is 5.92. The zero-order chi connectivity index (χ0) is 16.1. The van der Waals surface area contributed by atoms with E-state index in [9.17, 15) is 18.4 Å². The van der Waals surface area contributed by atoms with E-state index in [4.69, 9.17) is 5.73 Å². The molecule has 0 radical (unpaired) electrons. The van der Waals surface area contributed by atoms with Crippen LogP contribution in [0.4, 0.5) is 8.78 Å². The maximum Gasteiger partial charge on any atom is 0.246 e. The lowest BCUT2D eigenvalue weighted by molar-refractivity contribution is -0.130. The van der Waals surface area contributed by atoms with Crippen molar-refractivity contribution in [2.75, 3.05) is 6.54 Å². The number of benzene rings is 1. The normalized spacial score (nSPS) is 18.6. The van der Waals surface area contributed by atoms with Crippen molar-refractivity contribution in [3.05, 3.63) is 41.5 Å². The molecule has 2 rings (SSSR count). The maximum atomic E-state index is 13.5. The standard InChI is InChI=1S/C16H18F2N2O2/c17-13-5-3-6-14(18)12(13)7-8-16(22)20-9-2-1-4-11(20)10-15(19)21/h3,5-8,11H,1-2,4,9-10H2,(H2,19,21)/b8-7+. The predicted octanol–water partition coefficient (Wildman–Crippen LogP) is 2.23. The molecule has 1 fully saturated rings. The van der Waals surface area contributed by atoms with E-state index >= 15 is 0 Å². The molecule has 0 aliphatic carbocycles. The average molecular weight is 308 g/mol. The highest BCUT2D eigenvalue weighted by Crippen LogP contribution is 2.21. The Morgan fingerprint density at radius 3 is 2.59 bits per heavy atom. The second kappa shape index (κ2) is 7.15. The highest BCUT2D eigenvalue weighted by Gasteiger charge is 2.26. The fourth-order valence-electron chi connectivity index (χ4n) is 2.66. The summed E-state index contributed by atoms with van der Waals surface area (Å²) in [6.45, 7) is 0.515. The van der Waals surface area contributed by atoms with E-state index < -0.39 is 17.5 Å². The number of amides is 2. The first kappa shape index (κ1) is 16.1. The molecule has 0 saturated carbocycles. The number of likely N-dealkylation sites (tertiary alicyclic amines) is 1. The molecule has 118 valence electrons. The molecule has 1 saturated heterocycles. The van der Waals surface area contributed by atoms with Crippen LogP contribution in [0, 0.1) is 11.6 Å². The summed E-state index contributed by atoms with van der Waals surface area (Å²) in [5.74, 6) is -2.28. The van der Waals surface area contributed by atoms with Crippen LogP contribution in [-0.2, 0) is 9.59 Å². The molecule has 1 unspecified atom stereocenters. The van der Waals surface area contributed by atoms with Crippen LogP contribution in [0.5, 0.6) is 0 Å². The summed E-state index contributed by atoms with van der Waals surface area (Å²) < 4.78 is 27.0. The summed E-state index contributed by atoms with van der Waals surface area (Å²) in [4.78, 5) is 24.8. The molecule has 6 heteroatoms. The van der Waals surface area contributed by atoms with Crippen molar-refractivity contribution in [2.24, 2.45) is 5.73 Å². The number of rotatable bonds is 4. The van der Waals surface area contributed by atoms with Gasteiger partial charge < -0.3 is 10.6 Å². The third-order valence-electron chi connectivity index (χ3n) is 3.74. The van der Waals surface area contributed by atoms with Gasteiger partial charge in [-0.25, -0.2) is 8.78 Å². The zero-order valence-electron chi connectivity index (χ0n) is 12.1. The summed E-state index contributed by atoms with van der Waals surface area (Å²) in [6, 6.07) is 3.28. The van der Waals surface area contributed by atoms with E-state index in [0.717, 1.165) is 37.1 Å². The molecule has 1 aliphatic heterocycles. The minimum Gasteiger partial charge on any atom is -0.370 e. The van der Waals surface area contributed by atoms with Crippen LogP contribution < -0.4 is 5.73 Å². The van der Waals surface area contributed by atoms with Crippen molar-refractivity contribution >= 4 is 17.9 Å². The first-order valence-corrected chi connectivity index (χ1v) is 7.20. The van der Waals surface area contributed by atoms with Crippen molar-refractivity contribution in [2.45, 2.75) is 31.7 Å². The van der Waals surface area contributed by atoms with E-state index in [1.807, 2.05) is 0 Å². The number of piperidine rings is 1. The van der Waals surface area contributed by atoms with Gasteiger partial charge in [-0.2, -0.15) is 0 Å². The average Bonchev–Trinajstić information content (AvgIpc) is 2.46. The third kappa shape index (κ3) is 3.90. The van der Waals surface area contributed by atoms with Gasteiger partial charge in [0.25, 0.3) is 0 Å². The smallest absolute Gasteiger partial charge is 0.246 e. The molecule has 4 nitrogen and oxygen atoms in total. The van der Waals surface area contributed by atoms with Gasteiger partial charge in [-0.05, 0) is 37.5 Å². The van der Waals surface area contributed by atoms with Crippen LogP contribution in [0.3, 0.4) is 0 Å². The minimum absolute atomic E-state index is 0.105. The molecule has 1 aromatic carbocycles. The molecule has 0 spiro atoms. The van der Waals surface area contributed by atoms with Crippen molar-refractivity contribution in [3.63, 3.8) is 0 Å². The summed E-state index contributed by atoms with van der Waals surface area (Å²) in [5.41, 5.74) is 4.95. The van der Waals surface area contributed by atoms with Gasteiger partial charge in [0.15, 0.2) is 0 Å². The lowest BCUT2D eigenvalue weighted by Crippen LogP contribution is -2.44. The summed E-state index contributed by atoms with van der Waals surface area (Å²) >= 11 is 0. The van der Waals surface area contributed by atoms with Gasteiger partial charge in [-0.1, -0.05) is 6.07 Å². The second-order valence-corrected chi connectivity index (χ2v) is 5.32. The van der Waals surface area contributed by atoms with Crippen molar-refractivity contribution in [1.29, 1.82) is 0 Å². The van der Waals surface area contributed by atoms with Crippen molar-refractivity contribution < 1.29 is 18.4 Å². The highest BCUT2D eigenvalue weighted by atomic mass is 19.1. The Bertz CT molecular complexity index is 582. The van der Waals surface area contributed by atoms with E-state index in [-0.39, 0.29) is 23.9 Å². The number of primary amides is 1. The second-order valence-electron chi connectivity index (χ2n) is 5.32. The summed E-state index contributed by atoms with van der Waals surface area (Å²) in [5, 5.41) is 0. The quantitative estimate of drug-likeness (QED) is 0.867. The van der Waals surface area contributed by atoms with Gasteiger partial charge in [0.2, 0.25) is 11.8 Å². The van der Waals surface area contributed by atoms with E-state index in [0.29, 0.717) is 13.0 Å². The van der Waals surface area contributed by atoms with Gasteiger partial charge in [0.1, 0.15) is 11.6 Å². The summed E-state index contributed by atoms with van der Waals surface area (Å²) in [6.07, 6.45) is 4.84. The van der Waals surface area contributed by atoms with Gasteiger partial charge in [0, 0.05) is 30.6 Å². The third-order valence-corrected chi connectivity index (χ3v) is 3.74. The Morgan fingerprint density at radius 1 is 1.27 bits per heavy atom. The Balaban J connectivity index is 2.12. The Kier molecular flexibility index (Phi) is 5.25. The van der Waals surface area contributed by atoms with Crippen LogP contribution >= 0.6 is 0 Å². The topological polar surface area (TPSA) is 63.4 Å². The van der Waals surface area contributed by atoms with E-state index in [1.165, 1.54) is 6.07 Å². The van der Waals surface area contributed by atoms with Gasteiger partial charge >= 0.3 is 0 Å². The Hall–Kier alpha value is -2.24. The van der Waals surface area contributed by atoms with Crippen LogP contribution in [-0.4, -0.2) is 29.3 Å². The maximum absolute atomic E-state index is 13.5. The van der Waals surface area contributed by atoms with Crippen molar-refractivity contribution in [3.8, 4) is 0 Å². The van der Waals surface area contributed by atoms with Gasteiger partial charge in [-0.15, -0.1) is 0 Å². The fraction of sp³-hybridized carbons (Fsp3) is 0.375. The van der Waals surface area contributed by atoms with Gasteiger partial charge in [-0.3, -0.25) is 9.59 Å². The number of nitrogens with two attached hydrogens (primary N) is 1. The Labute approximate surface area is 127 Å². The van der Waals surface area contributed by atoms with Crippen LogP contribution in [0.2, 0.25) is 0 Å². The van der Waals surface area contributed by atoms with E-state index in [1.54, 1.807) is 4.90 Å². The molecule has 1 heterocycles. The zero-order valence-corrected chi connectivity index (χ0v) is 12.1. The van der Waals surface area contributed by atoms with Gasteiger partial charge in [0.05, 0.1) is 0 Å². The SMILES string of the molecule is NC(=O)CC1CCCCN1C(=O)/C=C/c1c(F)cccc1F. The number of carbonyl (C=O) groups is 2. The molecule has 1 aliphatic rings. The molecule has 1 atom stereocenters. The fourth-order valence-corrected chi connectivity index (χ4v) is 2.66. The van der Waals surface area contributed by atoms with Crippen molar-refractivity contribution in [1.82, 2.24) is 4.90 Å². The molecular weight excluding hydrogens is 290 g/mol.